The molecule has 0 radical (unpaired) electrons. The van der Waals surface area contributed by atoms with E-state index in [9.17, 15) is 14.4 Å². The van der Waals surface area contributed by atoms with E-state index in [1.807, 2.05) is 12.1 Å². The van der Waals surface area contributed by atoms with Crippen molar-refractivity contribution in [3.8, 4) is 16.9 Å². The molecule has 154 valence electrons. The van der Waals surface area contributed by atoms with Gasteiger partial charge in [0.1, 0.15) is 11.5 Å². The molecule has 0 saturated heterocycles. The Morgan fingerprint density at radius 3 is 2.17 bits per heavy atom. The van der Waals surface area contributed by atoms with E-state index in [1.54, 1.807) is 48.5 Å². The number of esters is 2. The van der Waals surface area contributed by atoms with E-state index in [-0.39, 0.29) is 12.5 Å². The fraction of sp³-hybridized carbons (Fsp3) is 0.174. The molecule has 0 fully saturated rings. The van der Waals surface area contributed by atoms with Crippen LogP contribution in [0.15, 0.2) is 71.3 Å². The summed E-state index contributed by atoms with van der Waals surface area (Å²) in [6.45, 7) is 3.07. The molecule has 0 aliphatic carbocycles. The molecule has 1 atom stereocenters. The number of hydrogen-bond acceptors (Lipinski definition) is 6. The quantitative estimate of drug-likeness (QED) is 0.474. The highest BCUT2D eigenvalue weighted by Crippen LogP contribution is 2.23. The van der Waals surface area contributed by atoms with Crippen LogP contribution in [-0.2, 0) is 20.9 Å². The number of hydrogen-bond donors (Lipinski definition) is 1. The maximum absolute atomic E-state index is 12.3. The van der Waals surface area contributed by atoms with Crippen LogP contribution < -0.4 is 10.1 Å². The summed E-state index contributed by atoms with van der Waals surface area (Å²) in [5, 5.41) is 2.65. The zero-order valence-electron chi connectivity index (χ0n) is 16.6. The Labute approximate surface area is 173 Å². The number of benzene rings is 2. The van der Waals surface area contributed by atoms with Crippen LogP contribution in [0.25, 0.3) is 11.1 Å². The van der Waals surface area contributed by atoms with E-state index in [0.29, 0.717) is 17.1 Å². The summed E-state index contributed by atoms with van der Waals surface area (Å²) < 4.78 is 15.4. The summed E-state index contributed by atoms with van der Waals surface area (Å²) in [5.74, 6) is -0.310. The van der Waals surface area contributed by atoms with Gasteiger partial charge in [-0.15, -0.1) is 0 Å². The first kappa shape index (κ1) is 20.9. The maximum Gasteiger partial charge on any atom is 0.338 e. The molecule has 0 unspecified atom stereocenters. The van der Waals surface area contributed by atoms with E-state index in [4.69, 9.17) is 13.9 Å². The number of amides is 1. The molecule has 30 heavy (non-hydrogen) atoms. The summed E-state index contributed by atoms with van der Waals surface area (Å²) in [6, 6.07) is 17.3. The smallest absolute Gasteiger partial charge is 0.338 e. The Bertz CT molecular complexity index is 1010. The summed E-state index contributed by atoms with van der Waals surface area (Å²) in [5.41, 5.74) is 2.11. The van der Waals surface area contributed by atoms with E-state index >= 15 is 0 Å². The van der Waals surface area contributed by atoms with Gasteiger partial charge < -0.3 is 19.2 Å². The first-order chi connectivity index (χ1) is 14.4. The summed E-state index contributed by atoms with van der Waals surface area (Å²) >= 11 is 0. The second-order valence-corrected chi connectivity index (χ2v) is 6.54. The fourth-order valence-corrected chi connectivity index (χ4v) is 2.69. The number of ether oxygens (including phenoxy) is 2. The topological polar surface area (TPSA) is 94.8 Å². The minimum atomic E-state index is -0.944. The highest BCUT2D eigenvalue weighted by atomic mass is 16.5. The molecule has 0 aliphatic heterocycles. The molecule has 7 nitrogen and oxygen atoms in total. The molecule has 0 bridgehead atoms. The van der Waals surface area contributed by atoms with Crippen molar-refractivity contribution in [2.75, 3.05) is 0 Å². The molecule has 0 aliphatic rings. The Balaban J connectivity index is 1.56. The van der Waals surface area contributed by atoms with Gasteiger partial charge in [-0.3, -0.25) is 9.59 Å². The average molecular weight is 407 g/mol. The zero-order valence-corrected chi connectivity index (χ0v) is 16.6. The van der Waals surface area contributed by atoms with Gasteiger partial charge in [0.2, 0.25) is 0 Å². The Kier molecular flexibility index (Phi) is 6.64. The van der Waals surface area contributed by atoms with Gasteiger partial charge in [-0.05, 0) is 54.4 Å². The van der Waals surface area contributed by atoms with Crippen LogP contribution in [0.4, 0.5) is 0 Å². The van der Waals surface area contributed by atoms with Crippen LogP contribution in [0.5, 0.6) is 5.75 Å². The van der Waals surface area contributed by atoms with E-state index in [1.165, 1.54) is 20.1 Å². The van der Waals surface area contributed by atoms with E-state index < -0.39 is 18.0 Å². The molecule has 1 heterocycles. The first-order valence-corrected chi connectivity index (χ1v) is 9.32. The standard InChI is InChI=1S/C23H21NO6/c1-15(22(26)24-14-21-4-3-13-28-21)29-23(27)19-7-5-17(6-8-19)18-9-11-20(12-10-18)30-16(2)25/h3-13,15H,14H2,1-2H3,(H,24,26)/t15-/m1/s1. The van der Waals surface area contributed by atoms with Gasteiger partial charge in [-0.1, -0.05) is 24.3 Å². The van der Waals surface area contributed by atoms with Crippen molar-refractivity contribution in [1.29, 1.82) is 0 Å². The predicted octanol–water partition coefficient (Wildman–Crippen LogP) is 3.73. The molecule has 1 aromatic heterocycles. The predicted molar refractivity (Wildman–Crippen MR) is 109 cm³/mol. The summed E-state index contributed by atoms with van der Waals surface area (Å²) in [4.78, 5) is 35.4. The first-order valence-electron chi connectivity index (χ1n) is 9.32. The monoisotopic (exact) mass is 407 g/mol. The van der Waals surface area contributed by atoms with Gasteiger partial charge in [0.25, 0.3) is 5.91 Å². The van der Waals surface area contributed by atoms with E-state index in [2.05, 4.69) is 5.32 Å². The molecule has 3 rings (SSSR count). The maximum atomic E-state index is 12.3. The Morgan fingerprint density at radius 1 is 0.967 bits per heavy atom. The number of furan rings is 1. The number of carbonyl (C=O) groups is 3. The molecule has 2 aromatic carbocycles. The number of nitrogens with one attached hydrogen (secondary N) is 1. The molecular formula is C23H21NO6. The lowest BCUT2D eigenvalue weighted by Gasteiger charge is -2.13. The third-order valence-corrected chi connectivity index (χ3v) is 4.24. The van der Waals surface area contributed by atoms with Crippen molar-refractivity contribution in [3.05, 3.63) is 78.3 Å². The Hall–Kier alpha value is -3.87. The Morgan fingerprint density at radius 2 is 1.60 bits per heavy atom. The molecular weight excluding hydrogens is 386 g/mol. The minimum Gasteiger partial charge on any atom is -0.467 e. The number of rotatable bonds is 7. The third-order valence-electron chi connectivity index (χ3n) is 4.24. The molecule has 7 heteroatoms. The highest BCUT2D eigenvalue weighted by Gasteiger charge is 2.19. The van der Waals surface area contributed by atoms with Gasteiger partial charge in [-0.25, -0.2) is 4.79 Å². The van der Waals surface area contributed by atoms with E-state index in [0.717, 1.165) is 11.1 Å². The second kappa shape index (κ2) is 9.56. The fourth-order valence-electron chi connectivity index (χ4n) is 2.69. The molecule has 1 N–H and O–H groups in total. The SMILES string of the molecule is CC(=O)Oc1ccc(-c2ccc(C(=O)O[C@H](C)C(=O)NCc3ccco3)cc2)cc1. The summed E-state index contributed by atoms with van der Waals surface area (Å²) in [7, 11) is 0. The van der Waals surface area contributed by atoms with Crippen LogP contribution in [0.3, 0.4) is 0 Å². The van der Waals surface area contributed by atoms with Gasteiger partial charge in [0.05, 0.1) is 18.4 Å². The lowest BCUT2D eigenvalue weighted by molar-refractivity contribution is -0.132. The number of carbonyl (C=O) groups excluding carboxylic acids is 3. The largest absolute Gasteiger partial charge is 0.467 e. The second-order valence-electron chi connectivity index (χ2n) is 6.54. The van der Waals surface area contributed by atoms with Crippen molar-refractivity contribution in [1.82, 2.24) is 5.32 Å². The summed E-state index contributed by atoms with van der Waals surface area (Å²) in [6.07, 6.45) is 0.573. The lowest BCUT2D eigenvalue weighted by atomic mass is 10.0. The molecule has 1 amide bonds. The van der Waals surface area contributed by atoms with Gasteiger partial charge in [0, 0.05) is 6.92 Å². The van der Waals surface area contributed by atoms with Crippen LogP contribution in [0, 0.1) is 0 Å². The van der Waals surface area contributed by atoms with Crippen molar-refractivity contribution in [2.45, 2.75) is 26.5 Å². The zero-order chi connectivity index (χ0) is 21.5. The highest BCUT2D eigenvalue weighted by molar-refractivity contribution is 5.92. The van der Waals surface area contributed by atoms with Crippen molar-refractivity contribution in [2.24, 2.45) is 0 Å². The third kappa shape index (κ3) is 5.57. The molecule has 3 aromatic rings. The molecule has 0 saturated carbocycles. The minimum absolute atomic E-state index is 0.221. The lowest BCUT2D eigenvalue weighted by Crippen LogP contribution is -2.35. The van der Waals surface area contributed by atoms with Crippen LogP contribution in [0.2, 0.25) is 0 Å². The normalized spacial score (nSPS) is 11.4. The molecule has 0 spiro atoms. The van der Waals surface area contributed by atoms with Crippen LogP contribution in [-0.4, -0.2) is 23.9 Å². The van der Waals surface area contributed by atoms with Crippen molar-refractivity contribution >= 4 is 17.8 Å². The van der Waals surface area contributed by atoms with Gasteiger partial charge in [0.15, 0.2) is 6.10 Å². The van der Waals surface area contributed by atoms with Crippen molar-refractivity contribution in [3.63, 3.8) is 0 Å². The van der Waals surface area contributed by atoms with Crippen LogP contribution in [0.1, 0.15) is 30.0 Å². The van der Waals surface area contributed by atoms with Crippen LogP contribution >= 0.6 is 0 Å². The average Bonchev–Trinajstić information content (AvgIpc) is 3.26. The van der Waals surface area contributed by atoms with Gasteiger partial charge in [-0.2, -0.15) is 0 Å². The van der Waals surface area contributed by atoms with Crippen molar-refractivity contribution < 1.29 is 28.3 Å². The van der Waals surface area contributed by atoms with Gasteiger partial charge >= 0.3 is 11.9 Å².